The summed E-state index contributed by atoms with van der Waals surface area (Å²) in [7, 11) is 0. The Morgan fingerprint density at radius 3 is 2.53 bits per heavy atom. The summed E-state index contributed by atoms with van der Waals surface area (Å²) >= 11 is 0. The van der Waals surface area contributed by atoms with Gasteiger partial charge in [-0.25, -0.2) is 0 Å². The van der Waals surface area contributed by atoms with Crippen molar-refractivity contribution >= 4 is 0 Å². The van der Waals surface area contributed by atoms with Gasteiger partial charge in [0.05, 0.1) is 6.42 Å². The van der Waals surface area contributed by atoms with Crippen molar-refractivity contribution < 1.29 is 13.2 Å². The Bertz CT molecular complexity index is 285. The van der Waals surface area contributed by atoms with Gasteiger partial charge in [-0.2, -0.15) is 13.2 Å². The molecule has 0 amide bonds. The molecular weight excluding hydrogens is 253 g/mol. The Balaban J connectivity index is 1.96. The number of hydrogen-bond acceptors (Lipinski definition) is 2. The van der Waals surface area contributed by atoms with Crippen LogP contribution in [0, 0.1) is 0 Å². The number of nitrogens with one attached hydrogen (secondary N) is 1. The maximum Gasteiger partial charge on any atom is 0.390 e. The molecule has 0 bridgehead atoms. The van der Waals surface area contributed by atoms with E-state index in [0.29, 0.717) is 0 Å². The first-order chi connectivity index (χ1) is 8.94. The quantitative estimate of drug-likeness (QED) is 0.848. The Hall–Kier alpha value is -0.290. The molecule has 19 heavy (non-hydrogen) atoms. The lowest BCUT2D eigenvalue weighted by atomic mass is 9.91. The average Bonchev–Trinajstić information content (AvgIpc) is 2.77. The van der Waals surface area contributed by atoms with Crippen LogP contribution in [0.2, 0.25) is 0 Å². The number of hydrogen-bond donors (Lipinski definition) is 1. The zero-order valence-corrected chi connectivity index (χ0v) is 11.7. The Morgan fingerprint density at radius 1 is 1.26 bits per heavy atom. The van der Waals surface area contributed by atoms with Gasteiger partial charge in [0.2, 0.25) is 0 Å². The van der Waals surface area contributed by atoms with E-state index in [1.165, 1.54) is 12.8 Å². The van der Waals surface area contributed by atoms with Crippen LogP contribution in [0.15, 0.2) is 0 Å². The molecule has 2 fully saturated rings. The second-order valence-electron chi connectivity index (χ2n) is 6.15. The topological polar surface area (TPSA) is 15.3 Å². The van der Waals surface area contributed by atoms with Gasteiger partial charge in [0.1, 0.15) is 0 Å². The molecule has 1 aliphatic heterocycles. The van der Waals surface area contributed by atoms with Crippen molar-refractivity contribution in [3.63, 3.8) is 0 Å². The summed E-state index contributed by atoms with van der Waals surface area (Å²) in [6.45, 7) is 3.92. The number of rotatable bonds is 4. The van der Waals surface area contributed by atoms with Crippen LogP contribution in [0.5, 0.6) is 0 Å². The van der Waals surface area contributed by atoms with Gasteiger partial charge in [0, 0.05) is 31.2 Å². The molecular formula is C14H25F3N2. The lowest BCUT2D eigenvalue weighted by Gasteiger charge is -2.46. The van der Waals surface area contributed by atoms with E-state index in [4.69, 9.17) is 0 Å². The smallest absolute Gasteiger partial charge is 0.308 e. The molecule has 0 aromatic heterocycles. The summed E-state index contributed by atoms with van der Waals surface area (Å²) in [5.74, 6) is 0. The fraction of sp³-hybridized carbons (Fsp3) is 1.00. The van der Waals surface area contributed by atoms with Crippen LogP contribution in [-0.2, 0) is 0 Å². The molecule has 0 aromatic carbocycles. The van der Waals surface area contributed by atoms with Gasteiger partial charge in [0.15, 0.2) is 0 Å². The van der Waals surface area contributed by atoms with E-state index in [1.54, 1.807) is 0 Å². The van der Waals surface area contributed by atoms with Gasteiger partial charge < -0.3 is 5.32 Å². The van der Waals surface area contributed by atoms with Crippen LogP contribution >= 0.6 is 0 Å². The van der Waals surface area contributed by atoms with Crippen LogP contribution in [0.4, 0.5) is 13.2 Å². The lowest BCUT2D eigenvalue weighted by Crippen LogP contribution is -2.63. The molecule has 1 heterocycles. The second kappa shape index (κ2) is 6.00. The van der Waals surface area contributed by atoms with Crippen LogP contribution in [-0.4, -0.2) is 42.3 Å². The van der Waals surface area contributed by atoms with Crippen molar-refractivity contribution in [2.24, 2.45) is 0 Å². The summed E-state index contributed by atoms with van der Waals surface area (Å²) in [6.07, 6.45) is 1.95. The van der Waals surface area contributed by atoms with Gasteiger partial charge >= 0.3 is 6.18 Å². The summed E-state index contributed by atoms with van der Waals surface area (Å²) in [6, 6.07) is 0.276. The fourth-order valence-electron chi connectivity index (χ4n) is 3.57. The van der Waals surface area contributed by atoms with E-state index in [2.05, 4.69) is 17.1 Å². The normalized spacial score (nSPS) is 28.1. The SMILES string of the molecule is CCCC1CNC2(CCCC2)CN1CCC(F)(F)F. The molecule has 5 heteroatoms. The van der Waals surface area contributed by atoms with Crippen molar-refractivity contribution in [2.75, 3.05) is 19.6 Å². The third kappa shape index (κ3) is 4.09. The molecule has 2 rings (SSSR count). The molecule has 2 nitrogen and oxygen atoms in total. The molecule has 1 spiro atoms. The minimum Gasteiger partial charge on any atom is -0.308 e. The first kappa shape index (κ1) is 15.1. The predicted octanol–water partition coefficient (Wildman–Crippen LogP) is 3.33. The van der Waals surface area contributed by atoms with Crippen LogP contribution in [0.1, 0.15) is 51.9 Å². The van der Waals surface area contributed by atoms with E-state index in [-0.39, 0.29) is 18.1 Å². The molecule has 1 aliphatic carbocycles. The van der Waals surface area contributed by atoms with Gasteiger partial charge in [-0.05, 0) is 19.3 Å². The van der Waals surface area contributed by atoms with Gasteiger partial charge in [-0.1, -0.05) is 26.2 Å². The highest BCUT2D eigenvalue weighted by Crippen LogP contribution is 2.34. The largest absolute Gasteiger partial charge is 0.390 e. The molecule has 1 atom stereocenters. The third-order valence-electron chi connectivity index (χ3n) is 4.60. The molecule has 1 unspecified atom stereocenters. The van der Waals surface area contributed by atoms with Gasteiger partial charge in [-0.3, -0.25) is 4.90 Å². The van der Waals surface area contributed by atoms with Gasteiger partial charge in [0.25, 0.3) is 0 Å². The number of nitrogens with zero attached hydrogens (tertiary/aromatic N) is 1. The highest BCUT2D eigenvalue weighted by atomic mass is 19.4. The molecule has 2 aliphatic rings. The maximum absolute atomic E-state index is 12.4. The van der Waals surface area contributed by atoms with E-state index in [9.17, 15) is 13.2 Å². The molecule has 1 saturated heterocycles. The molecule has 1 saturated carbocycles. The fourth-order valence-corrected chi connectivity index (χ4v) is 3.57. The number of piperazine rings is 1. The van der Waals surface area contributed by atoms with Crippen molar-refractivity contribution in [3.8, 4) is 0 Å². The minimum atomic E-state index is -4.04. The highest BCUT2D eigenvalue weighted by Gasteiger charge is 2.41. The summed E-state index contributed by atoms with van der Waals surface area (Å²) in [5, 5.41) is 3.63. The third-order valence-corrected chi connectivity index (χ3v) is 4.60. The molecule has 112 valence electrons. The molecule has 0 radical (unpaired) electrons. The van der Waals surface area contributed by atoms with Crippen molar-refractivity contribution in [1.82, 2.24) is 10.2 Å². The zero-order valence-electron chi connectivity index (χ0n) is 11.7. The lowest BCUT2D eigenvalue weighted by molar-refractivity contribution is -0.140. The summed E-state index contributed by atoms with van der Waals surface area (Å²) in [4.78, 5) is 2.10. The Labute approximate surface area is 113 Å². The summed E-state index contributed by atoms with van der Waals surface area (Å²) < 4.78 is 37.3. The summed E-state index contributed by atoms with van der Waals surface area (Å²) in [5.41, 5.74) is 0.107. The van der Waals surface area contributed by atoms with Crippen LogP contribution < -0.4 is 5.32 Å². The van der Waals surface area contributed by atoms with Crippen LogP contribution in [0.3, 0.4) is 0 Å². The first-order valence-electron chi connectivity index (χ1n) is 7.50. The Morgan fingerprint density at radius 2 is 1.95 bits per heavy atom. The van der Waals surface area contributed by atoms with E-state index < -0.39 is 12.6 Å². The predicted molar refractivity (Wildman–Crippen MR) is 70.1 cm³/mol. The number of halogens is 3. The van der Waals surface area contributed by atoms with Crippen molar-refractivity contribution in [1.29, 1.82) is 0 Å². The zero-order chi connectivity index (χ0) is 13.9. The Kier molecular flexibility index (Phi) is 4.77. The van der Waals surface area contributed by atoms with E-state index >= 15 is 0 Å². The van der Waals surface area contributed by atoms with Gasteiger partial charge in [-0.15, -0.1) is 0 Å². The first-order valence-corrected chi connectivity index (χ1v) is 7.50. The van der Waals surface area contributed by atoms with E-state index in [0.717, 1.165) is 38.8 Å². The number of alkyl halides is 3. The monoisotopic (exact) mass is 278 g/mol. The standard InChI is InChI=1S/C14H25F3N2/c1-2-5-12-10-18-13(6-3-4-7-13)11-19(12)9-8-14(15,16)17/h12,18H,2-11H2,1H3. The second-order valence-corrected chi connectivity index (χ2v) is 6.15. The highest BCUT2D eigenvalue weighted by molar-refractivity contribution is 5.00. The van der Waals surface area contributed by atoms with Crippen LogP contribution in [0.25, 0.3) is 0 Å². The maximum atomic E-state index is 12.4. The van der Waals surface area contributed by atoms with E-state index in [1.807, 2.05) is 0 Å². The minimum absolute atomic E-state index is 0.107. The van der Waals surface area contributed by atoms with Crippen molar-refractivity contribution in [3.05, 3.63) is 0 Å². The van der Waals surface area contributed by atoms with Crippen molar-refractivity contribution in [2.45, 2.75) is 69.6 Å². The molecule has 0 aromatic rings. The molecule has 1 N–H and O–H groups in total. The average molecular weight is 278 g/mol.